The third-order valence-corrected chi connectivity index (χ3v) is 2.66. The van der Waals surface area contributed by atoms with Gasteiger partial charge < -0.3 is 4.74 Å². The van der Waals surface area contributed by atoms with Gasteiger partial charge >= 0.3 is 0 Å². The van der Waals surface area contributed by atoms with Crippen LogP contribution in [0, 0.1) is 0 Å². The first-order valence-electron chi connectivity index (χ1n) is 3.86. The van der Waals surface area contributed by atoms with Gasteiger partial charge in [-0.1, -0.05) is 13.3 Å². The summed E-state index contributed by atoms with van der Waals surface area (Å²) < 4.78 is 26.7. The fraction of sp³-hybridized carbons (Fsp3) is 1.00. The van der Waals surface area contributed by atoms with Crippen molar-refractivity contribution < 1.29 is 13.2 Å². The molecule has 0 radical (unpaired) electrons. The second-order valence-electron chi connectivity index (χ2n) is 3.09. The van der Waals surface area contributed by atoms with E-state index in [0.717, 1.165) is 12.8 Å². The minimum Gasteiger partial charge on any atom is -0.368 e. The van der Waals surface area contributed by atoms with Crippen molar-refractivity contribution >= 4 is 9.84 Å². The Morgan fingerprint density at radius 3 is 2.45 bits per heavy atom. The summed E-state index contributed by atoms with van der Waals surface area (Å²) >= 11 is 0. The molecule has 0 aliphatic carbocycles. The van der Waals surface area contributed by atoms with Gasteiger partial charge in [0, 0.05) is 6.26 Å². The Morgan fingerprint density at radius 1 is 1.36 bits per heavy atom. The normalized spacial score (nSPS) is 30.4. The van der Waals surface area contributed by atoms with Crippen LogP contribution >= 0.6 is 0 Å². The van der Waals surface area contributed by atoms with Gasteiger partial charge in [-0.15, -0.1) is 0 Å². The van der Waals surface area contributed by atoms with E-state index < -0.39 is 9.84 Å². The molecule has 1 fully saturated rings. The van der Waals surface area contributed by atoms with E-state index >= 15 is 0 Å². The van der Waals surface area contributed by atoms with Crippen LogP contribution in [-0.4, -0.2) is 32.6 Å². The van der Waals surface area contributed by atoms with Gasteiger partial charge in [0.2, 0.25) is 0 Å². The summed E-state index contributed by atoms with van der Waals surface area (Å²) in [7, 11) is -2.84. The number of rotatable bonds is 4. The highest BCUT2D eigenvalue weighted by molar-refractivity contribution is 7.90. The number of epoxide rings is 1. The third-order valence-electron chi connectivity index (χ3n) is 1.73. The molecule has 1 heterocycles. The summed E-state index contributed by atoms with van der Waals surface area (Å²) in [5.74, 6) is 0.192. The lowest BCUT2D eigenvalue weighted by molar-refractivity contribution is 0.369. The molecule has 2 atom stereocenters. The van der Waals surface area contributed by atoms with E-state index in [2.05, 4.69) is 6.92 Å². The molecule has 0 N–H and O–H groups in total. The molecule has 1 saturated heterocycles. The second-order valence-corrected chi connectivity index (χ2v) is 5.28. The molecule has 66 valence electrons. The lowest BCUT2D eigenvalue weighted by Gasteiger charge is -1.90. The minimum atomic E-state index is -2.84. The summed E-state index contributed by atoms with van der Waals surface area (Å²) in [5.41, 5.74) is 0. The van der Waals surface area contributed by atoms with Gasteiger partial charge in [0.15, 0.2) is 0 Å². The zero-order valence-electron chi connectivity index (χ0n) is 6.91. The van der Waals surface area contributed by atoms with E-state index in [0.29, 0.717) is 0 Å². The molecule has 1 aliphatic rings. The van der Waals surface area contributed by atoms with Gasteiger partial charge in [-0.05, 0) is 6.42 Å². The van der Waals surface area contributed by atoms with Crippen LogP contribution in [0.1, 0.15) is 19.8 Å². The first-order valence-corrected chi connectivity index (χ1v) is 5.92. The number of hydrogen-bond acceptors (Lipinski definition) is 3. The van der Waals surface area contributed by atoms with Crippen molar-refractivity contribution in [3.05, 3.63) is 0 Å². The average Bonchev–Trinajstić information content (AvgIpc) is 2.44. The zero-order valence-corrected chi connectivity index (χ0v) is 7.73. The van der Waals surface area contributed by atoms with Crippen LogP contribution in [0.25, 0.3) is 0 Å². The van der Waals surface area contributed by atoms with E-state index in [1.165, 1.54) is 6.26 Å². The van der Waals surface area contributed by atoms with E-state index in [1.807, 2.05) is 0 Å². The third kappa shape index (κ3) is 3.20. The van der Waals surface area contributed by atoms with Gasteiger partial charge in [-0.3, -0.25) is 0 Å². The quantitative estimate of drug-likeness (QED) is 0.592. The maximum absolute atomic E-state index is 10.8. The molecule has 1 aliphatic heterocycles. The van der Waals surface area contributed by atoms with Crippen molar-refractivity contribution in [2.24, 2.45) is 0 Å². The smallest absolute Gasteiger partial charge is 0.150 e. The predicted octanol–water partition coefficient (Wildman–Crippen LogP) is 0.599. The van der Waals surface area contributed by atoms with Crippen LogP contribution in [0.2, 0.25) is 0 Å². The Hall–Kier alpha value is -0.0900. The van der Waals surface area contributed by atoms with Gasteiger partial charge in [0.25, 0.3) is 0 Å². The van der Waals surface area contributed by atoms with E-state index in [-0.39, 0.29) is 18.0 Å². The first-order chi connectivity index (χ1) is 5.03. The van der Waals surface area contributed by atoms with Crippen LogP contribution < -0.4 is 0 Å². The highest BCUT2D eigenvalue weighted by Gasteiger charge is 2.39. The average molecular weight is 178 g/mol. The highest BCUT2D eigenvalue weighted by atomic mass is 32.2. The Morgan fingerprint density at radius 2 is 2.00 bits per heavy atom. The minimum absolute atomic E-state index is 0.00931. The molecule has 0 aromatic carbocycles. The fourth-order valence-electron chi connectivity index (χ4n) is 1.16. The van der Waals surface area contributed by atoms with Crippen LogP contribution in [0.3, 0.4) is 0 Å². The van der Waals surface area contributed by atoms with Crippen molar-refractivity contribution in [1.29, 1.82) is 0 Å². The molecule has 11 heavy (non-hydrogen) atoms. The van der Waals surface area contributed by atoms with Crippen LogP contribution in [0.15, 0.2) is 0 Å². The van der Waals surface area contributed by atoms with Crippen molar-refractivity contribution in [3.63, 3.8) is 0 Å². The van der Waals surface area contributed by atoms with E-state index in [1.54, 1.807) is 0 Å². The maximum atomic E-state index is 10.8. The number of ether oxygens (including phenoxy) is 1. The van der Waals surface area contributed by atoms with Crippen molar-refractivity contribution in [3.8, 4) is 0 Å². The summed E-state index contributed by atoms with van der Waals surface area (Å²) in [5, 5.41) is 0. The molecule has 0 spiro atoms. The molecular weight excluding hydrogens is 164 g/mol. The molecule has 0 bridgehead atoms. The Kier molecular flexibility index (Phi) is 2.54. The fourth-order valence-corrected chi connectivity index (χ4v) is 2.05. The van der Waals surface area contributed by atoms with E-state index in [9.17, 15) is 8.42 Å². The van der Waals surface area contributed by atoms with Crippen LogP contribution in [-0.2, 0) is 14.6 Å². The Bertz CT molecular complexity index is 220. The van der Waals surface area contributed by atoms with Gasteiger partial charge in [-0.2, -0.15) is 0 Å². The summed E-state index contributed by atoms with van der Waals surface area (Å²) in [4.78, 5) is 0. The summed E-state index contributed by atoms with van der Waals surface area (Å²) in [6.45, 7) is 2.07. The second kappa shape index (κ2) is 3.11. The van der Waals surface area contributed by atoms with Gasteiger partial charge in [0.05, 0.1) is 18.0 Å². The van der Waals surface area contributed by atoms with Gasteiger partial charge in [0.1, 0.15) is 9.84 Å². The van der Waals surface area contributed by atoms with E-state index in [4.69, 9.17) is 4.74 Å². The van der Waals surface area contributed by atoms with Gasteiger partial charge in [-0.25, -0.2) is 8.42 Å². The lowest BCUT2D eigenvalue weighted by atomic mass is 10.2. The molecule has 0 unspecified atom stereocenters. The summed E-state index contributed by atoms with van der Waals surface area (Å²) in [6.07, 6.45) is 3.50. The highest BCUT2D eigenvalue weighted by Crippen LogP contribution is 2.27. The molecule has 0 amide bonds. The molecule has 0 aromatic heterocycles. The topological polar surface area (TPSA) is 46.7 Å². The number of sulfone groups is 1. The van der Waals surface area contributed by atoms with Crippen molar-refractivity contribution in [2.45, 2.75) is 32.0 Å². The predicted molar refractivity (Wildman–Crippen MR) is 43.3 cm³/mol. The van der Waals surface area contributed by atoms with Crippen LogP contribution in [0.4, 0.5) is 0 Å². The first kappa shape index (κ1) is 9.00. The Labute approximate surface area is 67.7 Å². The van der Waals surface area contributed by atoms with Crippen molar-refractivity contribution in [1.82, 2.24) is 0 Å². The lowest BCUT2D eigenvalue weighted by Crippen LogP contribution is -2.10. The van der Waals surface area contributed by atoms with Crippen molar-refractivity contribution in [2.75, 3.05) is 12.0 Å². The molecule has 3 nitrogen and oxygen atoms in total. The standard InChI is InChI=1S/C7H14O3S/c1-3-4-6-7(10-6)5-11(2,8)9/h6-7H,3-5H2,1-2H3/t6-,7-/m1/s1. The molecule has 4 heteroatoms. The SMILES string of the molecule is CCC[C@H]1O[C@@H]1CS(C)(=O)=O. The largest absolute Gasteiger partial charge is 0.368 e. The molecule has 1 rings (SSSR count). The molecular formula is C7H14O3S. The monoisotopic (exact) mass is 178 g/mol. The maximum Gasteiger partial charge on any atom is 0.150 e. The van der Waals surface area contributed by atoms with Crippen LogP contribution in [0.5, 0.6) is 0 Å². The summed E-state index contributed by atoms with van der Waals surface area (Å²) in [6, 6.07) is 0. The molecule has 0 aromatic rings. The number of hydrogen-bond donors (Lipinski definition) is 0. The Balaban J connectivity index is 2.24. The molecule has 0 saturated carbocycles. The zero-order chi connectivity index (χ0) is 8.48.